The van der Waals surface area contributed by atoms with E-state index in [2.05, 4.69) is 123 Å². The molecule has 0 rings (SSSR count). The molecule has 0 radical (unpaired) electrons. The molecule has 0 spiro atoms. The summed E-state index contributed by atoms with van der Waals surface area (Å²) in [4.78, 5) is 25.3. The van der Waals surface area contributed by atoms with Crippen LogP contribution in [0.4, 0.5) is 0 Å². The first-order chi connectivity index (χ1) is 35.6. The van der Waals surface area contributed by atoms with E-state index in [4.69, 9.17) is 18.5 Å². The van der Waals surface area contributed by atoms with Gasteiger partial charge >= 0.3 is 5.97 Å². The van der Waals surface area contributed by atoms with Gasteiger partial charge in [0.25, 0.3) is 7.82 Å². The third-order valence-corrected chi connectivity index (χ3v) is 13.3. The molecule has 2 atom stereocenters. The van der Waals surface area contributed by atoms with Gasteiger partial charge in [-0.1, -0.05) is 239 Å². The predicted molar refractivity (Wildman–Crippen MR) is 314 cm³/mol. The molecule has 420 valence electrons. The first-order valence-electron chi connectivity index (χ1n) is 29.6. The molecule has 9 heteroatoms. The number of rotatable bonds is 54. The molecule has 0 aromatic heterocycles. The van der Waals surface area contributed by atoms with Gasteiger partial charge in [-0.05, 0) is 96.3 Å². The monoisotopic (exact) mass is 1040 g/mol. The number of esters is 1. The molecule has 2 unspecified atom stereocenters. The average Bonchev–Trinajstić information content (AvgIpc) is 3.35. The Bertz CT molecular complexity index is 1530. The molecule has 0 saturated carbocycles. The molecule has 0 heterocycles. The molecule has 8 nitrogen and oxygen atoms in total. The molecule has 0 bridgehead atoms. The highest BCUT2D eigenvalue weighted by atomic mass is 31.2. The van der Waals surface area contributed by atoms with Gasteiger partial charge in [-0.15, -0.1) is 0 Å². The summed E-state index contributed by atoms with van der Waals surface area (Å²) in [6.45, 7) is 5.18. The lowest BCUT2D eigenvalue weighted by molar-refractivity contribution is -0.870. The molecule has 0 aromatic carbocycles. The summed E-state index contributed by atoms with van der Waals surface area (Å²) in [5.41, 5.74) is 0. The number of nitrogens with zero attached hydrogens (tertiary/aromatic N) is 1. The molecule has 73 heavy (non-hydrogen) atoms. The van der Waals surface area contributed by atoms with Gasteiger partial charge in [-0.3, -0.25) is 9.36 Å². The Morgan fingerprint density at radius 1 is 0.425 bits per heavy atom. The SMILES string of the molecule is CC/C=C\C/C=C\C/C=C\C/C=C\C/C=C\CCCCCCCCCCCCOCC(COP(=O)([O-])OCC[N+](C)(C)C)OC(=O)CCCCCCCCCCCCCC/C=C\C/C=C\C/C=C\C/C=C\CC. The molecule has 0 aliphatic carbocycles. The normalized spacial score (nSPS) is 14.2. The number of unbranched alkanes of at least 4 members (excludes halogenated alkanes) is 22. The van der Waals surface area contributed by atoms with Crippen LogP contribution in [0.5, 0.6) is 0 Å². The fourth-order valence-electron chi connectivity index (χ4n) is 7.86. The second-order valence-corrected chi connectivity index (χ2v) is 22.0. The van der Waals surface area contributed by atoms with E-state index in [0.29, 0.717) is 24.1 Å². The highest BCUT2D eigenvalue weighted by molar-refractivity contribution is 7.45. The first kappa shape index (κ1) is 70.2. The van der Waals surface area contributed by atoms with Crippen molar-refractivity contribution >= 4 is 13.8 Å². The van der Waals surface area contributed by atoms with Crippen molar-refractivity contribution in [2.24, 2.45) is 0 Å². The number of carbonyl (C=O) groups is 1. The minimum absolute atomic E-state index is 0.0197. The Morgan fingerprint density at radius 2 is 0.753 bits per heavy atom. The molecule has 0 N–H and O–H groups in total. The smallest absolute Gasteiger partial charge is 0.306 e. The number of quaternary nitrogens is 1. The van der Waals surface area contributed by atoms with Gasteiger partial charge in [0.15, 0.2) is 0 Å². The highest BCUT2D eigenvalue weighted by Crippen LogP contribution is 2.38. The van der Waals surface area contributed by atoms with Gasteiger partial charge in [-0.25, -0.2) is 0 Å². The zero-order valence-corrected chi connectivity index (χ0v) is 48.7. The molecule has 0 saturated heterocycles. The molecule has 0 aliphatic heterocycles. The average molecular weight is 1040 g/mol. The van der Waals surface area contributed by atoms with Crippen molar-refractivity contribution in [2.45, 2.75) is 238 Å². The quantitative estimate of drug-likeness (QED) is 0.0197. The summed E-state index contributed by atoms with van der Waals surface area (Å²) in [6.07, 6.45) is 78.4. The van der Waals surface area contributed by atoms with Gasteiger partial charge in [0.05, 0.1) is 34.4 Å². The molecule has 0 amide bonds. The van der Waals surface area contributed by atoms with Crippen molar-refractivity contribution < 1.29 is 37.3 Å². The fraction of sp³-hybridized carbons (Fsp3) is 0.703. The number of phosphoric ester groups is 1. The molecular formula is C64H112NO7P. The van der Waals surface area contributed by atoms with E-state index in [9.17, 15) is 14.3 Å². The lowest BCUT2D eigenvalue weighted by atomic mass is 10.0. The summed E-state index contributed by atoms with van der Waals surface area (Å²) in [6, 6.07) is 0. The molecule has 0 aromatic rings. The van der Waals surface area contributed by atoms with Gasteiger partial charge in [-0.2, -0.15) is 0 Å². The summed E-state index contributed by atoms with van der Waals surface area (Å²) in [5.74, 6) is -0.340. The predicted octanol–water partition coefficient (Wildman–Crippen LogP) is 18.4. The minimum Gasteiger partial charge on any atom is -0.756 e. The number of hydrogen-bond donors (Lipinski definition) is 0. The number of phosphoric acid groups is 1. The van der Waals surface area contributed by atoms with Crippen LogP contribution in [0.1, 0.15) is 232 Å². The van der Waals surface area contributed by atoms with E-state index in [1.807, 2.05) is 21.1 Å². The lowest BCUT2D eigenvalue weighted by Gasteiger charge is -2.28. The van der Waals surface area contributed by atoms with E-state index in [1.165, 1.54) is 122 Å². The van der Waals surface area contributed by atoms with E-state index in [1.54, 1.807) is 0 Å². The molecule has 0 fully saturated rings. The highest BCUT2D eigenvalue weighted by Gasteiger charge is 2.20. The maximum atomic E-state index is 12.8. The minimum atomic E-state index is -4.55. The summed E-state index contributed by atoms with van der Waals surface area (Å²) in [5, 5.41) is 0. The number of ether oxygens (including phenoxy) is 2. The Balaban J connectivity index is 4.09. The van der Waals surface area contributed by atoms with Crippen molar-refractivity contribution in [1.82, 2.24) is 0 Å². The molecule has 0 aliphatic rings. The van der Waals surface area contributed by atoms with Crippen molar-refractivity contribution in [3.05, 3.63) is 109 Å². The van der Waals surface area contributed by atoms with Crippen LogP contribution in [0.2, 0.25) is 0 Å². The van der Waals surface area contributed by atoms with Gasteiger partial charge in [0.1, 0.15) is 19.3 Å². The van der Waals surface area contributed by atoms with Crippen LogP contribution in [0.3, 0.4) is 0 Å². The van der Waals surface area contributed by atoms with Crippen LogP contribution < -0.4 is 4.89 Å². The standard InChI is InChI=1S/C64H112NO7P/c1-6-8-10-12-14-16-18-20-22-24-26-28-30-32-34-36-38-40-42-44-46-48-50-52-54-56-59-69-61-63(62-71-73(67,68)70-60-58-65(3,4)5)72-64(66)57-55-53-51-49-47-45-43-41-39-37-35-33-31-29-27-25-23-21-19-17-15-13-11-9-7-2/h8-11,14-17,20-23,26-29,32,34,63H,6-7,12-13,18-19,24-25,30-31,33,35-62H2,1-5H3/b10-8-,11-9-,16-14-,17-15-,22-20-,23-21-,28-26-,29-27-,34-32-. The third-order valence-electron chi connectivity index (χ3n) is 12.3. The van der Waals surface area contributed by atoms with E-state index < -0.39 is 13.9 Å². The number of hydrogen-bond acceptors (Lipinski definition) is 7. The number of likely N-dealkylation sites (N-methyl/N-ethyl adjacent to an activating group) is 1. The van der Waals surface area contributed by atoms with Crippen LogP contribution in [0, 0.1) is 0 Å². The number of carbonyl (C=O) groups excluding carboxylic acids is 1. The fourth-order valence-corrected chi connectivity index (χ4v) is 8.59. The Morgan fingerprint density at radius 3 is 1.12 bits per heavy atom. The molecular weight excluding hydrogens is 926 g/mol. The van der Waals surface area contributed by atoms with Gasteiger partial charge < -0.3 is 27.9 Å². The third kappa shape index (κ3) is 59.9. The van der Waals surface area contributed by atoms with Crippen molar-refractivity contribution in [3.63, 3.8) is 0 Å². The number of allylic oxidation sites excluding steroid dienone is 18. The van der Waals surface area contributed by atoms with Crippen LogP contribution in [0.15, 0.2) is 109 Å². The second-order valence-electron chi connectivity index (χ2n) is 20.6. The van der Waals surface area contributed by atoms with E-state index >= 15 is 0 Å². The zero-order chi connectivity index (χ0) is 53.3. The largest absolute Gasteiger partial charge is 0.756 e. The van der Waals surface area contributed by atoms with Crippen LogP contribution in [0.25, 0.3) is 0 Å². The maximum Gasteiger partial charge on any atom is 0.306 e. The summed E-state index contributed by atoms with van der Waals surface area (Å²) < 4.78 is 34.9. The van der Waals surface area contributed by atoms with Crippen LogP contribution in [-0.2, 0) is 27.9 Å². The van der Waals surface area contributed by atoms with Crippen LogP contribution in [-0.4, -0.2) is 70.7 Å². The first-order valence-corrected chi connectivity index (χ1v) is 31.1. The summed E-state index contributed by atoms with van der Waals surface area (Å²) in [7, 11) is 1.34. The summed E-state index contributed by atoms with van der Waals surface area (Å²) >= 11 is 0. The van der Waals surface area contributed by atoms with Gasteiger partial charge in [0.2, 0.25) is 0 Å². The van der Waals surface area contributed by atoms with E-state index in [0.717, 1.165) is 89.9 Å². The Kier molecular flexibility index (Phi) is 53.2. The lowest BCUT2D eigenvalue weighted by Crippen LogP contribution is -2.37. The topological polar surface area (TPSA) is 94.1 Å². The van der Waals surface area contributed by atoms with Crippen molar-refractivity contribution in [2.75, 3.05) is 54.1 Å². The zero-order valence-electron chi connectivity index (χ0n) is 47.8. The Hall–Kier alpha value is -2.84. The Labute approximate surface area is 450 Å². The van der Waals surface area contributed by atoms with Crippen LogP contribution >= 0.6 is 7.82 Å². The maximum absolute atomic E-state index is 12.8. The van der Waals surface area contributed by atoms with E-state index in [-0.39, 0.29) is 25.8 Å². The van der Waals surface area contributed by atoms with Gasteiger partial charge in [0, 0.05) is 13.0 Å². The van der Waals surface area contributed by atoms with Crippen molar-refractivity contribution in [3.8, 4) is 0 Å². The van der Waals surface area contributed by atoms with Crippen molar-refractivity contribution in [1.29, 1.82) is 0 Å². The second kappa shape index (κ2) is 55.4.